The number of hydrogen-bond donors (Lipinski definition) is 0. The Morgan fingerprint density at radius 3 is 1.67 bits per heavy atom. The van der Waals surface area contributed by atoms with Crippen molar-refractivity contribution in [2.24, 2.45) is 0 Å². The quantitative estimate of drug-likeness (QED) is 0.241. The second-order valence-corrected chi connectivity index (χ2v) is 9.26. The van der Waals surface area contributed by atoms with E-state index in [0.29, 0.717) is 17.5 Å². The number of nitrogens with zero attached hydrogens (tertiary/aromatic N) is 5. The zero-order valence-corrected chi connectivity index (χ0v) is 21.0. The van der Waals surface area contributed by atoms with Crippen molar-refractivity contribution in [1.82, 2.24) is 24.3 Å². The summed E-state index contributed by atoms with van der Waals surface area (Å²) < 4.78 is 2.04. The molecular formula is C34H23N5. The summed E-state index contributed by atoms with van der Waals surface area (Å²) >= 11 is 0. The molecule has 3 heterocycles. The molecule has 0 aliphatic rings. The second kappa shape index (κ2) is 9.80. The van der Waals surface area contributed by atoms with Gasteiger partial charge in [-0.25, -0.2) is 19.9 Å². The van der Waals surface area contributed by atoms with Crippen molar-refractivity contribution in [3.63, 3.8) is 0 Å². The molecule has 5 heteroatoms. The van der Waals surface area contributed by atoms with Gasteiger partial charge in [0, 0.05) is 34.6 Å². The van der Waals surface area contributed by atoms with Gasteiger partial charge in [-0.15, -0.1) is 0 Å². The van der Waals surface area contributed by atoms with E-state index in [1.165, 1.54) is 0 Å². The van der Waals surface area contributed by atoms with Crippen LogP contribution in [0, 0.1) is 0 Å². The first-order valence-electron chi connectivity index (χ1n) is 12.8. The first-order chi connectivity index (χ1) is 19.3. The predicted octanol–water partition coefficient (Wildman–Crippen LogP) is 7.85. The molecule has 0 radical (unpaired) electrons. The minimum absolute atomic E-state index is 0.636. The van der Waals surface area contributed by atoms with E-state index in [9.17, 15) is 0 Å². The lowest BCUT2D eigenvalue weighted by atomic mass is 9.97. The molecule has 184 valence electrons. The summed E-state index contributed by atoms with van der Waals surface area (Å²) in [5, 5.41) is 0. The molecule has 0 fully saturated rings. The van der Waals surface area contributed by atoms with Crippen LogP contribution in [-0.2, 0) is 0 Å². The lowest BCUT2D eigenvalue weighted by molar-refractivity contribution is 1.07. The Morgan fingerprint density at radius 2 is 0.974 bits per heavy atom. The van der Waals surface area contributed by atoms with E-state index < -0.39 is 0 Å². The number of fused-ring (bicyclic) bond motifs is 1. The van der Waals surface area contributed by atoms with Crippen molar-refractivity contribution < 1.29 is 0 Å². The molecule has 39 heavy (non-hydrogen) atoms. The molecule has 0 amide bonds. The van der Waals surface area contributed by atoms with E-state index >= 15 is 0 Å². The number of rotatable bonds is 5. The molecule has 0 unspecified atom stereocenters. The monoisotopic (exact) mass is 501 g/mol. The zero-order valence-electron chi connectivity index (χ0n) is 21.0. The molecule has 0 bridgehead atoms. The van der Waals surface area contributed by atoms with Gasteiger partial charge in [-0.3, -0.25) is 0 Å². The Morgan fingerprint density at radius 1 is 0.410 bits per heavy atom. The van der Waals surface area contributed by atoms with Crippen LogP contribution in [0.4, 0.5) is 0 Å². The fraction of sp³-hybridized carbons (Fsp3) is 0. The smallest absolute Gasteiger partial charge is 0.164 e. The summed E-state index contributed by atoms with van der Waals surface area (Å²) in [6, 6.07) is 42.8. The van der Waals surface area contributed by atoms with Gasteiger partial charge < -0.3 is 4.40 Å². The highest BCUT2D eigenvalue weighted by atomic mass is 15.0. The zero-order chi connectivity index (χ0) is 26.0. The third kappa shape index (κ3) is 4.47. The molecule has 0 aliphatic heterocycles. The van der Waals surface area contributed by atoms with Crippen LogP contribution in [0.2, 0.25) is 0 Å². The van der Waals surface area contributed by atoms with Gasteiger partial charge in [-0.1, -0.05) is 109 Å². The van der Waals surface area contributed by atoms with Crippen molar-refractivity contribution in [2.75, 3.05) is 0 Å². The number of benzene rings is 4. The van der Waals surface area contributed by atoms with Gasteiger partial charge in [0.1, 0.15) is 5.65 Å². The number of hydrogen-bond acceptors (Lipinski definition) is 4. The fourth-order valence-electron chi connectivity index (χ4n) is 4.78. The third-order valence-corrected chi connectivity index (χ3v) is 6.70. The number of imidazole rings is 1. The van der Waals surface area contributed by atoms with Crippen LogP contribution in [0.3, 0.4) is 0 Å². The van der Waals surface area contributed by atoms with Crippen molar-refractivity contribution in [2.45, 2.75) is 0 Å². The summed E-state index contributed by atoms with van der Waals surface area (Å²) in [7, 11) is 0. The van der Waals surface area contributed by atoms with Crippen LogP contribution >= 0.6 is 0 Å². The van der Waals surface area contributed by atoms with Gasteiger partial charge in [-0.05, 0) is 29.3 Å². The Labute approximate surface area is 226 Å². The summed E-state index contributed by atoms with van der Waals surface area (Å²) in [5.74, 6) is 1.93. The van der Waals surface area contributed by atoms with E-state index in [0.717, 1.165) is 44.7 Å². The maximum Gasteiger partial charge on any atom is 0.164 e. The maximum atomic E-state index is 4.96. The Balaban J connectivity index is 1.37. The van der Waals surface area contributed by atoms with Gasteiger partial charge in [0.2, 0.25) is 0 Å². The predicted molar refractivity (Wildman–Crippen MR) is 156 cm³/mol. The molecular weight excluding hydrogens is 478 g/mol. The molecule has 0 N–H and O–H groups in total. The van der Waals surface area contributed by atoms with Crippen LogP contribution in [0.5, 0.6) is 0 Å². The third-order valence-electron chi connectivity index (χ3n) is 6.70. The molecule has 4 aromatic carbocycles. The molecule has 0 saturated heterocycles. The lowest BCUT2D eigenvalue weighted by Gasteiger charge is -2.12. The van der Waals surface area contributed by atoms with Crippen LogP contribution in [0.1, 0.15) is 0 Å². The summed E-state index contributed by atoms with van der Waals surface area (Å²) in [6.07, 6.45) is 4.07. The standard InChI is InChI=1S/C34H23N5/c1-3-12-24(13-4-1)32-36-33(25-14-5-2-6-15-25)38-34(37-32)29-19-8-7-18-28(29)26-16-11-17-27(22-26)30-23-39-21-10-9-20-31(39)35-30/h1-23H. The average Bonchev–Trinajstić information content (AvgIpc) is 3.46. The SMILES string of the molecule is c1ccc(-c2nc(-c3ccccc3)nc(-c3ccccc3-c3cccc(-c4cn5ccccc5n4)c3)n2)cc1. The molecule has 0 saturated carbocycles. The molecule has 0 atom stereocenters. The minimum atomic E-state index is 0.636. The van der Waals surface area contributed by atoms with Gasteiger partial charge in [0.25, 0.3) is 0 Å². The minimum Gasteiger partial charge on any atom is -0.306 e. The average molecular weight is 502 g/mol. The molecule has 7 aromatic rings. The Bertz CT molecular complexity index is 1820. The van der Waals surface area contributed by atoms with E-state index in [1.807, 2.05) is 102 Å². The van der Waals surface area contributed by atoms with E-state index in [-0.39, 0.29) is 0 Å². The number of pyridine rings is 1. The Kier molecular flexibility index (Phi) is 5.72. The van der Waals surface area contributed by atoms with Crippen LogP contribution in [-0.4, -0.2) is 24.3 Å². The number of aromatic nitrogens is 5. The largest absolute Gasteiger partial charge is 0.306 e. The highest BCUT2D eigenvalue weighted by Gasteiger charge is 2.16. The van der Waals surface area contributed by atoms with Crippen molar-refractivity contribution in [1.29, 1.82) is 0 Å². The van der Waals surface area contributed by atoms with Crippen molar-refractivity contribution in [3.05, 3.63) is 140 Å². The highest BCUT2D eigenvalue weighted by Crippen LogP contribution is 2.34. The molecule has 7 rings (SSSR count). The molecule has 0 aliphatic carbocycles. The summed E-state index contributed by atoms with van der Waals surface area (Å²) in [4.78, 5) is 19.6. The van der Waals surface area contributed by atoms with E-state index in [4.69, 9.17) is 19.9 Å². The van der Waals surface area contributed by atoms with Crippen LogP contribution in [0.15, 0.2) is 140 Å². The molecule has 5 nitrogen and oxygen atoms in total. The van der Waals surface area contributed by atoms with Crippen molar-refractivity contribution in [3.8, 4) is 56.5 Å². The van der Waals surface area contributed by atoms with Crippen molar-refractivity contribution >= 4 is 5.65 Å². The van der Waals surface area contributed by atoms with E-state index in [1.54, 1.807) is 0 Å². The first kappa shape index (κ1) is 22.8. The Hall–Kier alpha value is -5.42. The second-order valence-electron chi connectivity index (χ2n) is 9.26. The topological polar surface area (TPSA) is 56.0 Å². The summed E-state index contributed by atoms with van der Waals surface area (Å²) in [5.41, 5.74) is 7.87. The van der Waals surface area contributed by atoms with Crippen LogP contribution < -0.4 is 0 Å². The van der Waals surface area contributed by atoms with Gasteiger partial charge in [0.05, 0.1) is 5.69 Å². The van der Waals surface area contributed by atoms with Gasteiger partial charge in [0.15, 0.2) is 17.5 Å². The van der Waals surface area contributed by atoms with Crippen LogP contribution in [0.25, 0.3) is 62.2 Å². The first-order valence-corrected chi connectivity index (χ1v) is 12.8. The highest BCUT2D eigenvalue weighted by molar-refractivity contribution is 5.83. The molecule has 0 spiro atoms. The van der Waals surface area contributed by atoms with E-state index in [2.05, 4.69) is 42.6 Å². The molecule has 3 aromatic heterocycles. The lowest BCUT2D eigenvalue weighted by Crippen LogP contribution is -2.01. The maximum absolute atomic E-state index is 4.96. The summed E-state index contributed by atoms with van der Waals surface area (Å²) in [6.45, 7) is 0. The van der Waals surface area contributed by atoms with Gasteiger partial charge >= 0.3 is 0 Å². The van der Waals surface area contributed by atoms with Gasteiger partial charge in [-0.2, -0.15) is 0 Å². The normalized spacial score (nSPS) is 11.1. The fourth-order valence-corrected chi connectivity index (χ4v) is 4.78.